The van der Waals surface area contributed by atoms with E-state index in [4.69, 9.17) is 0 Å². The van der Waals surface area contributed by atoms with Gasteiger partial charge < -0.3 is 5.21 Å². The van der Waals surface area contributed by atoms with Gasteiger partial charge in [0.05, 0.1) is 5.57 Å². The highest BCUT2D eigenvalue weighted by atomic mass is 16.5. The lowest BCUT2D eigenvalue weighted by atomic mass is 10.0. The van der Waals surface area contributed by atoms with Crippen LogP contribution in [0, 0.1) is 5.21 Å². The Hall–Kier alpha value is -2.19. The number of pyridine rings is 1. The molecular formula is C11H8N2O2. The monoisotopic (exact) mass is 200 g/mol. The molecule has 0 saturated carbocycles. The minimum atomic E-state index is 0.375. The number of nitrogens with zero attached hydrogens (tertiary/aromatic N) is 2. The summed E-state index contributed by atoms with van der Waals surface area (Å²) in [4.78, 5) is 14.7. The van der Waals surface area contributed by atoms with E-state index in [0.717, 1.165) is 0 Å². The molecular weight excluding hydrogens is 192 g/mol. The molecule has 4 heteroatoms. The lowest BCUT2D eigenvalue weighted by molar-refractivity contribution is -0.606. The number of aliphatic imine (C=N–C) groups is 1. The van der Waals surface area contributed by atoms with Crippen LogP contribution in [0.3, 0.4) is 0 Å². The van der Waals surface area contributed by atoms with Crippen molar-refractivity contribution in [3.63, 3.8) is 0 Å². The third kappa shape index (κ3) is 1.71. The smallest absolute Gasteiger partial charge is 0.243 e. The molecule has 0 aliphatic carbocycles. The highest BCUT2D eigenvalue weighted by molar-refractivity contribution is 6.15. The van der Waals surface area contributed by atoms with Gasteiger partial charge in [-0.25, -0.2) is 9.79 Å². The van der Waals surface area contributed by atoms with Crippen LogP contribution in [0.5, 0.6) is 0 Å². The summed E-state index contributed by atoms with van der Waals surface area (Å²) < 4.78 is 0.690. The zero-order valence-electron chi connectivity index (χ0n) is 7.88. The predicted molar refractivity (Wildman–Crippen MR) is 54.9 cm³/mol. The molecule has 0 N–H and O–H groups in total. The largest absolute Gasteiger partial charge is 0.618 e. The Bertz CT molecular complexity index is 497. The number of aromatic nitrogens is 1. The molecule has 0 amide bonds. The van der Waals surface area contributed by atoms with Crippen LogP contribution in [0.2, 0.25) is 0 Å². The molecule has 15 heavy (non-hydrogen) atoms. The molecule has 0 atom stereocenters. The third-order valence-electron chi connectivity index (χ3n) is 2.11. The van der Waals surface area contributed by atoms with Crippen LogP contribution in [-0.4, -0.2) is 11.7 Å². The molecule has 0 saturated heterocycles. The fraction of sp³-hybridized carbons (Fsp3) is 0.0909. The van der Waals surface area contributed by atoms with Crippen LogP contribution in [0.4, 0.5) is 0 Å². The SMILES string of the molecule is O=C=C1CC=CN=C1c1cccc[n+]1[O-]. The van der Waals surface area contributed by atoms with Crippen molar-refractivity contribution in [1.29, 1.82) is 0 Å². The zero-order valence-corrected chi connectivity index (χ0v) is 7.88. The maximum atomic E-state index is 11.4. The van der Waals surface area contributed by atoms with E-state index in [1.807, 2.05) is 5.94 Å². The van der Waals surface area contributed by atoms with Crippen LogP contribution in [0.1, 0.15) is 12.1 Å². The maximum Gasteiger partial charge on any atom is 0.243 e. The van der Waals surface area contributed by atoms with E-state index in [-0.39, 0.29) is 0 Å². The average Bonchev–Trinajstić information content (AvgIpc) is 2.30. The van der Waals surface area contributed by atoms with Gasteiger partial charge in [0.1, 0.15) is 5.94 Å². The normalized spacial score (nSPS) is 14.7. The molecule has 1 aromatic heterocycles. The Balaban J connectivity index is 2.55. The first-order chi connectivity index (χ1) is 7.33. The Morgan fingerprint density at radius 2 is 2.33 bits per heavy atom. The molecule has 4 nitrogen and oxygen atoms in total. The number of carbonyl (C=O) groups excluding carboxylic acids is 1. The van der Waals surface area contributed by atoms with Crippen LogP contribution in [0.25, 0.3) is 0 Å². The lowest BCUT2D eigenvalue weighted by Crippen LogP contribution is -2.34. The molecule has 1 aliphatic rings. The van der Waals surface area contributed by atoms with Crippen molar-refractivity contribution in [2.45, 2.75) is 6.42 Å². The summed E-state index contributed by atoms with van der Waals surface area (Å²) in [5.74, 6) is 1.81. The molecule has 74 valence electrons. The summed E-state index contributed by atoms with van der Waals surface area (Å²) in [5, 5.41) is 11.4. The fourth-order valence-electron chi connectivity index (χ4n) is 1.39. The highest BCUT2D eigenvalue weighted by Crippen LogP contribution is 2.12. The molecule has 0 unspecified atom stereocenters. The summed E-state index contributed by atoms with van der Waals surface area (Å²) in [6.45, 7) is 0. The van der Waals surface area contributed by atoms with Gasteiger partial charge in [-0.05, 0) is 6.07 Å². The number of rotatable bonds is 1. The predicted octanol–water partition coefficient (Wildman–Crippen LogP) is 0.784. The summed E-state index contributed by atoms with van der Waals surface area (Å²) in [7, 11) is 0. The van der Waals surface area contributed by atoms with Crippen LogP contribution in [-0.2, 0) is 4.79 Å². The zero-order chi connectivity index (χ0) is 10.7. The van der Waals surface area contributed by atoms with Crippen LogP contribution in [0.15, 0.2) is 47.2 Å². The second-order valence-corrected chi connectivity index (χ2v) is 3.06. The van der Waals surface area contributed by atoms with Crippen molar-refractivity contribution in [3.8, 4) is 0 Å². The highest BCUT2D eigenvalue weighted by Gasteiger charge is 2.19. The quantitative estimate of drug-likeness (QED) is 0.382. The standard InChI is InChI=1S/C11H8N2O2/c14-8-9-4-3-6-12-11(9)10-5-1-2-7-13(10)15/h1-3,5-7H,4H2. The minimum absolute atomic E-state index is 0.375. The molecule has 1 aromatic rings. The van der Waals surface area contributed by atoms with Gasteiger partial charge in [-0.1, -0.05) is 6.08 Å². The molecule has 2 rings (SSSR count). The molecule has 0 fully saturated rings. The second kappa shape index (κ2) is 3.90. The fourth-order valence-corrected chi connectivity index (χ4v) is 1.39. The van der Waals surface area contributed by atoms with Gasteiger partial charge in [0.25, 0.3) is 0 Å². The van der Waals surface area contributed by atoms with Gasteiger partial charge in [-0.2, -0.15) is 4.73 Å². The van der Waals surface area contributed by atoms with E-state index < -0.39 is 0 Å². The van der Waals surface area contributed by atoms with E-state index in [1.54, 1.807) is 30.5 Å². The van der Waals surface area contributed by atoms with Crippen molar-refractivity contribution >= 4 is 11.7 Å². The minimum Gasteiger partial charge on any atom is -0.618 e. The summed E-state index contributed by atoms with van der Waals surface area (Å²) in [6, 6.07) is 4.98. The Labute approximate surface area is 86.5 Å². The Morgan fingerprint density at radius 3 is 3.07 bits per heavy atom. The molecule has 0 bridgehead atoms. The molecule has 0 radical (unpaired) electrons. The van der Waals surface area contributed by atoms with Crippen molar-refractivity contribution < 1.29 is 9.52 Å². The molecule has 0 spiro atoms. The second-order valence-electron chi connectivity index (χ2n) is 3.06. The Kier molecular flexibility index (Phi) is 2.44. The molecule has 2 heterocycles. The van der Waals surface area contributed by atoms with E-state index in [0.29, 0.717) is 28.1 Å². The first-order valence-electron chi connectivity index (χ1n) is 4.48. The number of allylic oxidation sites excluding steroid dienone is 2. The van der Waals surface area contributed by atoms with Crippen molar-refractivity contribution in [3.05, 3.63) is 53.1 Å². The average molecular weight is 200 g/mol. The van der Waals surface area contributed by atoms with Crippen molar-refractivity contribution in [1.82, 2.24) is 0 Å². The maximum absolute atomic E-state index is 11.4. The van der Waals surface area contributed by atoms with Gasteiger partial charge in [-0.15, -0.1) is 0 Å². The van der Waals surface area contributed by atoms with Crippen molar-refractivity contribution in [2.24, 2.45) is 4.99 Å². The first-order valence-corrected chi connectivity index (χ1v) is 4.48. The molecule has 0 aromatic carbocycles. The summed E-state index contributed by atoms with van der Waals surface area (Å²) in [6.07, 6.45) is 5.18. The molecule has 1 aliphatic heterocycles. The first kappa shape index (κ1) is 9.37. The summed E-state index contributed by atoms with van der Waals surface area (Å²) >= 11 is 0. The topological polar surface area (TPSA) is 56.4 Å². The van der Waals surface area contributed by atoms with E-state index in [9.17, 15) is 10.0 Å². The van der Waals surface area contributed by atoms with Crippen LogP contribution < -0.4 is 4.73 Å². The third-order valence-corrected chi connectivity index (χ3v) is 2.11. The van der Waals surface area contributed by atoms with Gasteiger partial charge in [-0.3, -0.25) is 0 Å². The van der Waals surface area contributed by atoms with Gasteiger partial charge in [0.15, 0.2) is 11.9 Å². The van der Waals surface area contributed by atoms with E-state index >= 15 is 0 Å². The van der Waals surface area contributed by atoms with Gasteiger partial charge in [0, 0.05) is 24.8 Å². The van der Waals surface area contributed by atoms with Gasteiger partial charge in [0.2, 0.25) is 5.69 Å². The lowest BCUT2D eigenvalue weighted by Gasteiger charge is -2.08. The van der Waals surface area contributed by atoms with E-state index in [2.05, 4.69) is 4.99 Å². The number of hydrogen-bond acceptors (Lipinski definition) is 3. The van der Waals surface area contributed by atoms with E-state index in [1.165, 1.54) is 6.20 Å². The van der Waals surface area contributed by atoms with Crippen molar-refractivity contribution in [2.75, 3.05) is 0 Å². The summed E-state index contributed by atoms with van der Waals surface area (Å²) in [5.41, 5.74) is 1.19. The Morgan fingerprint density at radius 1 is 1.47 bits per heavy atom. The number of hydrogen-bond donors (Lipinski definition) is 0. The van der Waals surface area contributed by atoms with Crippen LogP contribution >= 0.6 is 0 Å². The van der Waals surface area contributed by atoms with Gasteiger partial charge >= 0.3 is 0 Å².